The Hall–Kier alpha value is -2.05. The number of nitrogens with one attached hydrogen (secondary N) is 2. The summed E-state index contributed by atoms with van der Waals surface area (Å²) in [6.07, 6.45) is 5.18. The molecule has 2 aromatic carbocycles. The molecular weight excluding hydrogens is 336 g/mol. The normalized spacial score (nSPS) is 15.7. The summed E-state index contributed by atoms with van der Waals surface area (Å²) in [5, 5.41) is 0. The zero-order valence-electron chi connectivity index (χ0n) is 14.1. The summed E-state index contributed by atoms with van der Waals surface area (Å²) < 4.78 is 35.4. The molecule has 0 unspecified atom stereocenters. The SMILES string of the molecule is O=S(=O)(Nc1ccc(OCc2ccccc2)cc1)NC1CCCCC1. The Bertz CT molecular complexity index is 755. The van der Waals surface area contributed by atoms with Crippen LogP contribution in [0.2, 0.25) is 0 Å². The molecule has 5 nitrogen and oxygen atoms in total. The highest BCUT2D eigenvalue weighted by molar-refractivity contribution is 7.90. The van der Waals surface area contributed by atoms with Gasteiger partial charge in [-0.05, 0) is 42.7 Å². The van der Waals surface area contributed by atoms with Crippen molar-refractivity contribution < 1.29 is 13.2 Å². The maximum absolute atomic E-state index is 12.2. The van der Waals surface area contributed by atoms with Gasteiger partial charge in [-0.15, -0.1) is 0 Å². The highest BCUT2D eigenvalue weighted by atomic mass is 32.2. The quantitative estimate of drug-likeness (QED) is 0.788. The maximum atomic E-state index is 12.2. The summed E-state index contributed by atoms with van der Waals surface area (Å²) in [5.41, 5.74) is 1.61. The van der Waals surface area contributed by atoms with E-state index in [1.54, 1.807) is 24.3 Å². The molecule has 0 aliphatic heterocycles. The van der Waals surface area contributed by atoms with Gasteiger partial charge in [0.15, 0.2) is 0 Å². The highest BCUT2D eigenvalue weighted by Crippen LogP contribution is 2.20. The second kappa shape index (κ2) is 8.36. The van der Waals surface area contributed by atoms with Crippen LogP contribution >= 0.6 is 0 Å². The summed E-state index contributed by atoms with van der Waals surface area (Å²) in [4.78, 5) is 0. The lowest BCUT2D eigenvalue weighted by atomic mass is 9.96. The standard InChI is InChI=1S/C19H24N2O3S/c22-25(23,20-17-9-5-2-6-10-17)21-18-11-13-19(14-12-18)24-15-16-7-3-1-4-8-16/h1,3-4,7-8,11-14,17,20-21H,2,5-6,9-10,15H2. The number of benzene rings is 2. The third-order valence-corrected chi connectivity index (χ3v) is 5.43. The molecule has 0 bridgehead atoms. The lowest BCUT2D eigenvalue weighted by Gasteiger charge is -2.22. The van der Waals surface area contributed by atoms with Crippen molar-refractivity contribution in [3.63, 3.8) is 0 Å². The van der Waals surface area contributed by atoms with Crippen LogP contribution in [0.4, 0.5) is 5.69 Å². The fourth-order valence-electron chi connectivity index (χ4n) is 2.98. The average Bonchev–Trinajstić information content (AvgIpc) is 2.62. The molecule has 0 atom stereocenters. The maximum Gasteiger partial charge on any atom is 0.299 e. The molecule has 6 heteroatoms. The van der Waals surface area contributed by atoms with Gasteiger partial charge < -0.3 is 4.74 Å². The van der Waals surface area contributed by atoms with E-state index in [9.17, 15) is 8.42 Å². The zero-order valence-corrected chi connectivity index (χ0v) is 15.0. The van der Waals surface area contributed by atoms with Gasteiger partial charge in [-0.3, -0.25) is 4.72 Å². The molecule has 0 heterocycles. The van der Waals surface area contributed by atoms with Crippen molar-refractivity contribution in [2.24, 2.45) is 0 Å². The van der Waals surface area contributed by atoms with E-state index in [4.69, 9.17) is 4.74 Å². The lowest BCUT2D eigenvalue weighted by molar-refractivity contribution is 0.306. The van der Waals surface area contributed by atoms with Crippen LogP contribution in [0.15, 0.2) is 54.6 Å². The minimum absolute atomic E-state index is 0.0414. The van der Waals surface area contributed by atoms with E-state index in [-0.39, 0.29) is 6.04 Å². The highest BCUT2D eigenvalue weighted by Gasteiger charge is 2.19. The molecule has 0 aromatic heterocycles. The lowest BCUT2D eigenvalue weighted by Crippen LogP contribution is -2.39. The predicted molar refractivity (Wildman–Crippen MR) is 99.8 cm³/mol. The molecule has 1 saturated carbocycles. The molecular formula is C19H24N2O3S. The van der Waals surface area contributed by atoms with Gasteiger partial charge in [0.2, 0.25) is 0 Å². The summed E-state index contributed by atoms with van der Waals surface area (Å²) >= 11 is 0. The summed E-state index contributed by atoms with van der Waals surface area (Å²) in [6.45, 7) is 0.481. The van der Waals surface area contributed by atoms with Crippen LogP contribution in [0.25, 0.3) is 0 Å². The molecule has 0 amide bonds. The predicted octanol–water partition coefficient (Wildman–Crippen LogP) is 3.84. The van der Waals surface area contributed by atoms with Gasteiger partial charge in [-0.2, -0.15) is 13.1 Å². The van der Waals surface area contributed by atoms with Crippen LogP contribution in [-0.2, 0) is 16.8 Å². The third kappa shape index (κ3) is 5.76. The zero-order chi connectivity index (χ0) is 17.5. The van der Waals surface area contributed by atoms with Crippen LogP contribution in [-0.4, -0.2) is 14.5 Å². The van der Waals surface area contributed by atoms with Crippen molar-refractivity contribution in [2.45, 2.75) is 44.8 Å². The van der Waals surface area contributed by atoms with Crippen LogP contribution in [0, 0.1) is 0 Å². The smallest absolute Gasteiger partial charge is 0.299 e. The molecule has 2 N–H and O–H groups in total. The van der Waals surface area contributed by atoms with Crippen molar-refractivity contribution >= 4 is 15.9 Å². The summed E-state index contributed by atoms with van der Waals surface area (Å²) in [5.74, 6) is 0.701. The van der Waals surface area contributed by atoms with E-state index in [1.165, 1.54) is 6.42 Å². The van der Waals surface area contributed by atoms with E-state index in [1.807, 2.05) is 30.3 Å². The van der Waals surface area contributed by atoms with Gasteiger partial charge in [-0.1, -0.05) is 49.6 Å². The fourth-order valence-corrected chi connectivity index (χ4v) is 4.16. The minimum Gasteiger partial charge on any atom is -0.489 e. The van der Waals surface area contributed by atoms with E-state index in [0.717, 1.165) is 31.2 Å². The second-order valence-electron chi connectivity index (χ2n) is 6.36. The third-order valence-electron chi connectivity index (χ3n) is 4.28. The largest absolute Gasteiger partial charge is 0.489 e. The van der Waals surface area contributed by atoms with Crippen LogP contribution < -0.4 is 14.2 Å². The minimum atomic E-state index is -3.54. The van der Waals surface area contributed by atoms with Gasteiger partial charge in [-0.25, -0.2) is 0 Å². The topological polar surface area (TPSA) is 67.4 Å². The molecule has 0 radical (unpaired) electrons. The van der Waals surface area contributed by atoms with Gasteiger partial charge in [0.25, 0.3) is 10.2 Å². The van der Waals surface area contributed by atoms with Gasteiger partial charge in [0, 0.05) is 6.04 Å². The first kappa shape index (κ1) is 17.8. The number of rotatable bonds is 7. The van der Waals surface area contributed by atoms with Crippen molar-refractivity contribution in [1.29, 1.82) is 0 Å². The van der Waals surface area contributed by atoms with Crippen molar-refractivity contribution in [2.75, 3.05) is 4.72 Å². The van der Waals surface area contributed by atoms with E-state index < -0.39 is 10.2 Å². The molecule has 0 saturated heterocycles. The number of hydrogen-bond acceptors (Lipinski definition) is 3. The Morgan fingerprint density at radius 1 is 0.920 bits per heavy atom. The molecule has 2 aromatic rings. The Labute approximate surface area is 149 Å². The second-order valence-corrected chi connectivity index (χ2v) is 7.80. The molecule has 3 rings (SSSR count). The van der Waals surface area contributed by atoms with Gasteiger partial charge >= 0.3 is 0 Å². The number of ether oxygens (including phenoxy) is 1. The van der Waals surface area contributed by atoms with Gasteiger partial charge in [0.1, 0.15) is 12.4 Å². The molecule has 134 valence electrons. The van der Waals surface area contributed by atoms with E-state index >= 15 is 0 Å². The van der Waals surface area contributed by atoms with Crippen molar-refractivity contribution in [3.05, 3.63) is 60.2 Å². The summed E-state index contributed by atoms with van der Waals surface area (Å²) in [7, 11) is -3.54. The Kier molecular flexibility index (Phi) is 5.94. The van der Waals surface area contributed by atoms with Crippen LogP contribution in [0.3, 0.4) is 0 Å². The average molecular weight is 360 g/mol. The number of anilines is 1. The van der Waals surface area contributed by atoms with E-state index in [0.29, 0.717) is 18.0 Å². The molecule has 0 spiro atoms. The Morgan fingerprint density at radius 3 is 2.28 bits per heavy atom. The van der Waals surface area contributed by atoms with Gasteiger partial charge in [0.05, 0.1) is 5.69 Å². The van der Waals surface area contributed by atoms with Crippen LogP contribution in [0.1, 0.15) is 37.7 Å². The first-order valence-electron chi connectivity index (χ1n) is 8.68. The molecule has 1 fully saturated rings. The Morgan fingerprint density at radius 2 is 1.60 bits per heavy atom. The summed E-state index contributed by atoms with van der Waals surface area (Å²) in [6, 6.07) is 16.9. The van der Waals surface area contributed by atoms with E-state index in [2.05, 4.69) is 9.44 Å². The molecule has 25 heavy (non-hydrogen) atoms. The van der Waals surface area contributed by atoms with Crippen molar-refractivity contribution in [3.8, 4) is 5.75 Å². The fraction of sp³-hybridized carbons (Fsp3) is 0.368. The Balaban J connectivity index is 1.52. The van der Waals surface area contributed by atoms with Crippen molar-refractivity contribution in [1.82, 2.24) is 4.72 Å². The first-order valence-corrected chi connectivity index (χ1v) is 10.2. The monoisotopic (exact) mass is 360 g/mol. The molecule has 1 aliphatic rings. The first-order chi connectivity index (χ1) is 12.1. The molecule has 1 aliphatic carbocycles. The van der Waals surface area contributed by atoms with Crippen LogP contribution in [0.5, 0.6) is 5.75 Å². The number of hydrogen-bond donors (Lipinski definition) is 2.